The monoisotopic (exact) mass is 211 g/mol. The molecule has 0 aliphatic carbocycles. The Bertz CT molecular complexity index is 297. The fraction of sp³-hybridized carbons (Fsp3) is 0.667. The minimum Gasteiger partial charge on any atom is -0.374 e. The van der Waals surface area contributed by atoms with Gasteiger partial charge in [-0.05, 0) is 19.2 Å². The molecule has 1 rings (SSSR count). The van der Waals surface area contributed by atoms with Crippen LogP contribution in [0.2, 0.25) is 0 Å². The molecular weight excluding hydrogens is 190 g/mol. The van der Waals surface area contributed by atoms with Crippen LogP contribution in [-0.2, 0) is 0 Å². The van der Waals surface area contributed by atoms with E-state index in [-0.39, 0.29) is 6.04 Å². The molecule has 1 unspecified atom stereocenters. The van der Waals surface area contributed by atoms with Gasteiger partial charge in [-0.15, -0.1) is 0 Å². The Labute approximate surface area is 91.7 Å². The highest BCUT2D eigenvalue weighted by atomic mass is 16.5. The lowest BCUT2D eigenvalue weighted by Crippen LogP contribution is -2.45. The van der Waals surface area contributed by atoms with Crippen molar-refractivity contribution in [3.8, 4) is 0 Å². The van der Waals surface area contributed by atoms with Gasteiger partial charge in [0.2, 0.25) is 0 Å². The van der Waals surface area contributed by atoms with Crippen LogP contribution in [0, 0.1) is 5.41 Å². The minimum absolute atomic E-state index is 0.186. The van der Waals surface area contributed by atoms with Gasteiger partial charge in [-0.2, -0.15) is 0 Å². The Morgan fingerprint density at radius 2 is 1.80 bits per heavy atom. The van der Waals surface area contributed by atoms with E-state index in [1.807, 2.05) is 51.9 Å². The first-order chi connectivity index (χ1) is 6.66. The summed E-state index contributed by atoms with van der Waals surface area (Å²) >= 11 is 0. The normalized spacial score (nSPS) is 23.0. The average molecular weight is 211 g/mol. The summed E-state index contributed by atoms with van der Waals surface area (Å²) < 4.78 is 0. The number of rotatable bonds is 1. The van der Waals surface area contributed by atoms with Crippen LogP contribution in [0.5, 0.6) is 0 Å². The smallest absolute Gasteiger partial charge is 0.194 e. The van der Waals surface area contributed by atoms with Crippen LogP contribution >= 0.6 is 0 Å². The van der Waals surface area contributed by atoms with Gasteiger partial charge in [-0.1, -0.05) is 26.8 Å². The Hall–Kier alpha value is -0.800. The Kier molecular flexibility index (Phi) is 2.99. The topological polar surface area (TPSA) is 43.7 Å². The molecule has 0 aromatic heterocycles. The van der Waals surface area contributed by atoms with E-state index in [9.17, 15) is 10.2 Å². The van der Waals surface area contributed by atoms with Crippen LogP contribution in [0.25, 0.3) is 0 Å². The first kappa shape index (κ1) is 12.3. The fourth-order valence-electron chi connectivity index (χ4n) is 1.43. The second kappa shape index (κ2) is 3.65. The van der Waals surface area contributed by atoms with E-state index >= 15 is 0 Å². The van der Waals surface area contributed by atoms with Crippen molar-refractivity contribution in [3.63, 3.8) is 0 Å². The molecule has 0 spiro atoms. The highest BCUT2D eigenvalue weighted by molar-refractivity contribution is 5.32. The van der Waals surface area contributed by atoms with Crippen LogP contribution in [0.1, 0.15) is 27.7 Å². The summed E-state index contributed by atoms with van der Waals surface area (Å²) in [4.78, 5) is 2.02. The molecule has 3 nitrogen and oxygen atoms in total. The molecule has 0 saturated carbocycles. The predicted molar refractivity (Wildman–Crippen MR) is 61.1 cm³/mol. The minimum atomic E-state index is -1.78. The van der Waals surface area contributed by atoms with Crippen LogP contribution in [-0.4, -0.2) is 34.0 Å². The quantitative estimate of drug-likeness (QED) is 0.646. The first-order valence-corrected chi connectivity index (χ1v) is 5.23. The Morgan fingerprint density at radius 3 is 2.20 bits per heavy atom. The van der Waals surface area contributed by atoms with Crippen LogP contribution in [0.4, 0.5) is 0 Å². The molecule has 0 amide bonds. The summed E-state index contributed by atoms with van der Waals surface area (Å²) in [5.41, 5.74) is -0.0284. The number of aliphatic hydroxyl groups is 2. The molecule has 1 aliphatic rings. The third kappa shape index (κ3) is 2.24. The number of hydrogen-bond donors (Lipinski definition) is 2. The van der Waals surface area contributed by atoms with Gasteiger partial charge >= 0.3 is 0 Å². The van der Waals surface area contributed by atoms with E-state index in [0.717, 1.165) is 0 Å². The van der Waals surface area contributed by atoms with Crippen molar-refractivity contribution in [1.29, 1.82) is 0 Å². The lowest BCUT2D eigenvalue weighted by atomic mass is 9.79. The molecule has 0 saturated heterocycles. The van der Waals surface area contributed by atoms with Gasteiger partial charge in [0.15, 0.2) is 5.79 Å². The molecule has 15 heavy (non-hydrogen) atoms. The summed E-state index contributed by atoms with van der Waals surface area (Å²) in [6, 6.07) is 0.186. The van der Waals surface area contributed by atoms with Crippen LogP contribution < -0.4 is 0 Å². The molecule has 0 fully saturated rings. The summed E-state index contributed by atoms with van der Waals surface area (Å²) in [6.07, 6.45) is 5.50. The maximum atomic E-state index is 10.1. The number of hydrogen-bond acceptors (Lipinski definition) is 3. The first-order valence-electron chi connectivity index (χ1n) is 5.23. The molecule has 0 aromatic rings. The zero-order valence-corrected chi connectivity index (χ0v) is 10.2. The highest BCUT2D eigenvalue weighted by Gasteiger charge is 2.41. The molecule has 1 heterocycles. The van der Waals surface area contributed by atoms with Gasteiger partial charge in [0.25, 0.3) is 0 Å². The molecule has 0 aromatic carbocycles. The van der Waals surface area contributed by atoms with Gasteiger partial charge in [0.05, 0.1) is 0 Å². The van der Waals surface area contributed by atoms with Gasteiger partial charge in [-0.25, -0.2) is 0 Å². The zero-order valence-electron chi connectivity index (χ0n) is 10.2. The van der Waals surface area contributed by atoms with Crippen molar-refractivity contribution in [2.24, 2.45) is 5.41 Å². The van der Waals surface area contributed by atoms with Crippen molar-refractivity contribution in [1.82, 2.24) is 4.90 Å². The van der Waals surface area contributed by atoms with Gasteiger partial charge in [0, 0.05) is 24.1 Å². The van der Waals surface area contributed by atoms with Crippen molar-refractivity contribution in [3.05, 3.63) is 23.9 Å². The maximum absolute atomic E-state index is 10.1. The number of nitrogens with zero attached hydrogens (tertiary/aromatic N) is 1. The molecule has 1 atom stereocenters. The Morgan fingerprint density at radius 1 is 1.27 bits per heavy atom. The summed E-state index contributed by atoms with van der Waals surface area (Å²) in [5, 5.41) is 20.2. The third-order valence-corrected chi connectivity index (χ3v) is 3.00. The van der Waals surface area contributed by atoms with Gasteiger partial charge in [0.1, 0.15) is 0 Å². The van der Waals surface area contributed by atoms with Crippen molar-refractivity contribution in [2.45, 2.75) is 39.5 Å². The second-order valence-electron chi connectivity index (χ2n) is 5.27. The van der Waals surface area contributed by atoms with E-state index in [4.69, 9.17) is 0 Å². The van der Waals surface area contributed by atoms with E-state index in [2.05, 4.69) is 0 Å². The van der Waals surface area contributed by atoms with Crippen molar-refractivity contribution in [2.75, 3.05) is 7.05 Å². The Balaban J connectivity index is 3.01. The van der Waals surface area contributed by atoms with E-state index in [1.54, 1.807) is 6.08 Å². The summed E-state index contributed by atoms with van der Waals surface area (Å²) in [7, 11) is 1.96. The third-order valence-electron chi connectivity index (χ3n) is 3.00. The lowest BCUT2D eigenvalue weighted by Gasteiger charge is -2.38. The average Bonchev–Trinajstić information content (AvgIpc) is 2.07. The summed E-state index contributed by atoms with van der Waals surface area (Å²) in [5.74, 6) is -1.78. The van der Waals surface area contributed by atoms with Crippen molar-refractivity contribution >= 4 is 0 Å². The standard InChI is InChI=1S/C12H21NO2/c1-9-8-10(6-7-13(9)5)12(14,15)11(2,3)4/h6-9,14-15H,1-5H3. The van der Waals surface area contributed by atoms with Crippen LogP contribution in [0.3, 0.4) is 0 Å². The maximum Gasteiger partial charge on any atom is 0.194 e. The van der Waals surface area contributed by atoms with Gasteiger partial charge < -0.3 is 15.1 Å². The van der Waals surface area contributed by atoms with Gasteiger partial charge in [-0.3, -0.25) is 0 Å². The lowest BCUT2D eigenvalue weighted by molar-refractivity contribution is -0.195. The molecule has 2 N–H and O–H groups in total. The molecule has 0 bridgehead atoms. The summed E-state index contributed by atoms with van der Waals surface area (Å²) in [6.45, 7) is 7.45. The highest BCUT2D eigenvalue weighted by Crippen LogP contribution is 2.36. The number of likely N-dealkylation sites (N-methyl/N-ethyl adjacent to an activating group) is 1. The molecule has 1 aliphatic heterocycles. The van der Waals surface area contributed by atoms with Crippen molar-refractivity contribution < 1.29 is 10.2 Å². The van der Waals surface area contributed by atoms with E-state index < -0.39 is 11.2 Å². The molecule has 3 heteroatoms. The largest absolute Gasteiger partial charge is 0.374 e. The van der Waals surface area contributed by atoms with E-state index in [1.165, 1.54) is 0 Å². The zero-order chi connectivity index (χ0) is 11.9. The van der Waals surface area contributed by atoms with Crippen LogP contribution in [0.15, 0.2) is 23.9 Å². The second-order valence-corrected chi connectivity index (χ2v) is 5.27. The molecule has 86 valence electrons. The molecule has 0 radical (unpaired) electrons. The fourth-order valence-corrected chi connectivity index (χ4v) is 1.43. The SMILES string of the molecule is CC1C=C(C(O)(O)C(C)(C)C)C=CN1C. The predicted octanol–water partition coefficient (Wildman–Crippen LogP) is 1.49. The van der Waals surface area contributed by atoms with E-state index in [0.29, 0.717) is 5.57 Å². The molecular formula is C12H21NO2.